The van der Waals surface area contributed by atoms with Crippen LogP contribution in [0.4, 0.5) is 0 Å². The van der Waals surface area contributed by atoms with Crippen molar-refractivity contribution in [1.82, 2.24) is 30.2 Å². The highest BCUT2D eigenvalue weighted by Crippen LogP contribution is 2.29. The molecular formula is C49H74N6O10. The number of nitrogens with one attached hydrogen (secondary N) is 2. The summed E-state index contributed by atoms with van der Waals surface area (Å²) in [5.74, 6) is -7.49. The molecule has 1 aromatic carbocycles. The Hall–Kier alpha value is -5.02. The molecule has 360 valence electrons. The molecule has 2 N–H and O–H groups in total. The number of amides is 6. The fourth-order valence-corrected chi connectivity index (χ4v) is 10.1. The van der Waals surface area contributed by atoms with E-state index in [9.17, 15) is 38.4 Å². The number of likely N-dealkylation sites (N-methyl/N-ethyl adjacent to an activating group) is 1. The van der Waals surface area contributed by atoms with Gasteiger partial charge in [-0.3, -0.25) is 33.6 Å². The van der Waals surface area contributed by atoms with Crippen molar-refractivity contribution in [2.75, 3.05) is 26.7 Å². The Morgan fingerprint density at radius 2 is 1.05 bits per heavy atom. The maximum absolute atomic E-state index is 14.8. The highest BCUT2D eigenvalue weighted by atomic mass is 16.6. The third-order valence-corrected chi connectivity index (χ3v) is 13.8. The molecule has 0 saturated carbocycles. The van der Waals surface area contributed by atoms with Crippen LogP contribution in [0, 0.1) is 35.5 Å². The van der Waals surface area contributed by atoms with Crippen LogP contribution in [-0.4, -0.2) is 142 Å². The third kappa shape index (κ3) is 11.5. The van der Waals surface area contributed by atoms with Gasteiger partial charge < -0.3 is 39.7 Å². The summed E-state index contributed by atoms with van der Waals surface area (Å²) in [6.07, 6.45) is 0.376. The van der Waals surface area contributed by atoms with Crippen LogP contribution in [0.3, 0.4) is 0 Å². The number of esters is 2. The number of ether oxygens (including phenoxy) is 2. The standard InChI is InChI=1S/C49H74N6O10/c1-27(2)37-32(10)48(62)64-40(29(5)6)46(60)52(11)39(28(3)4)45(59)55-25-17-22-36(55)49(63)65-41(30(7)8)47(61)54-24-16-21-35(54)43(57)51-38(31(9)26-33-18-13-12-14-19-33)44(58)53-23-15-20-34(53)42(56)50-37/h12-14,18-19,27-32,34-41H,15-17,20-26H2,1-11H3,(H,50,56)(H,51,57)/t31-,32-,34-,35-,36-,37-,38+,39-,40-,41-/m1/s1. The number of benzene rings is 1. The summed E-state index contributed by atoms with van der Waals surface area (Å²) >= 11 is 0. The van der Waals surface area contributed by atoms with Crippen molar-refractivity contribution in [3.8, 4) is 0 Å². The van der Waals surface area contributed by atoms with Crippen molar-refractivity contribution in [3.63, 3.8) is 0 Å². The number of hydrogen-bond acceptors (Lipinski definition) is 10. The third-order valence-electron chi connectivity index (χ3n) is 13.8. The molecule has 10 atom stereocenters. The van der Waals surface area contributed by atoms with Crippen LogP contribution in [0.1, 0.15) is 113 Å². The van der Waals surface area contributed by atoms with E-state index in [4.69, 9.17) is 9.47 Å². The lowest BCUT2D eigenvalue weighted by Gasteiger charge is -2.37. The fourth-order valence-electron chi connectivity index (χ4n) is 10.1. The minimum Gasteiger partial charge on any atom is -0.452 e. The molecule has 16 nitrogen and oxygen atoms in total. The van der Waals surface area contributed by atoms with Gasteiger partial charge in [-0.25, -0.2) is 4.79 Å². The van der Waals surface area contributed by atoms with E-state index in [0.717, 1.165) is 5.56 Å². The Kier molecular flexibility index (Phi) is 17.2. The van der Waals surface area contributed by atoms with E-state index >= 15 is 0 Å². The molecular weight excluding hydrogens is 833 g/mol. The average Bonchev–Trinajstić information content (AvgIpc) is 4.06. The number of hydrogen-bond donors (Lipinski definition) is 2. The second-order valence-electron chi connectivity index (χ2n) is 20.1. The summed E-state index contributed by atoms with van der Waals surface area (Å²) in [5.41, 5.74) is 0.952. The van der Waals surface area contributed by atoms with Gasteiger partial charge in [0.1, 0.15) is 30.2 Å². The summed E-state index contributed by atoms with van der Waals surface area (Å²) in [6, 6.07) is 3.87. The van der Waals surface area contributed by atoms with Gasteiger partial charge in [-0.05, 0) is 87.0 Å². The van der Waals surface area contributed by atoms with Crippen molar-refractivity contribution in [3.05, 3.63) is 35.9 Å². The van der Waals surface area contributed by atoms with Gasteiger partial charge in [0.05, 0.1) is 5.92 Å². The molecule has 65 heavy (non-hydrogen) atoms. The molecule has 0 bridgehead atoms. The van der Waals surface area contributed by atoms with Crippen molar-refractivity contribution >= 4 is 47.4 Å². The predicted octanol–water partition coefficient (Wildman–Crippen LogP) is 3.73. The van der Waals surface area contributed by atoms with E-state index < -0.39 is 125 Å². The summed E-state index contributed by atoms with van der Waals surface area (Å²) in [5, 5.41) is 6.08. The lowest BCUT2D eigenvalue weighted by molar-refractivity contribution is -0.172. The Morgan fingerprint density at radius 1 is 0.569 bits per heavy atom. The largest absolute Gasteiger partial charge is 0.452 e. The van der Waals surface area contributed by atoms with Gasteiger partial charge in [0, 0.05) is 32.7 Å². The Labute approximate surface area is 385 Å². The van der Waals surface area contributed by atoms with Crippen LogP contribution in [-0.2, 0) is 54.3 Å². The number of cyclic esters (lactones) is 2. The maximum Gasteiger partial charge on any atom is 0.329 e. The van der Waals surface area contributed by atoms with Crippen molar-refractivity contribution in [2.24, 2.45) is 35.5 Å². The van der Waals surface area contributed by atoms with E-state index in [-0.39, 0.29) is 32.0 Å². The zero-order valence-corrected chi connectivity index (χ0v) is 40.4. The lowest BCUT2D eigenvalue weighted by Crippen LogP contribution is -2.60. The number of fused-ring (bicyclic) bond motifs is 3. The minimum absolute atomic E-state index is 0.224. The number of rotatable bonds is 7. The quantitative estimate of drug-likeness (QED) is 0.382. The van der Waals surface area contributed by atoms with Crippen LogP contribution in [0.2, 0.25) is 0 Å². The smallest absolute Gasteiger partial charge is 0.329 e. The van der Waals surface area contributed by atoms with Gasteiger partial charge in [0.15, 0.2) is 12.2 Å². The van der Waals surface area contributed by atoms with E-state index in [1.54, 1.807) is 48.5 Å². The molecule has 0 unspecified atom stereocenters. The van der Waals surface area contributed by atoms with Crippen LogP contribution >= 0.6 is 0 Å². The summed E-state index contributed by atoms with van der Waals surface area (Å²) in [4.78, 5) is 121. The summed E-state index contributed by atoms with van der Waals surface area (Å²) < 4.78 is 12.0. The van der Waals surface area contributed by atoms with Crippen molar-refractivity contribution < 1.29 is 47.8 Å². The molecule has 4 saturated heterocycles. The molecule has 4 fully saturated rings. The first-order chi connectivity index (χ1) is 30.7. The average molecular weight is 907 g/mol. The number of carbonyl (C=O) groups is 8. The summed E-state index contributed by atoms with van der Waals surface area (Å²) in [7, 11) is 1.49. The number of nitrogens with zero attached hydrogens (tertiary/aromatic N) is 4. The first-order valence-corrected chi connectivity index (χ1v) is 23.9. The molecule has 4 aliphatic heterocycles. The normalized spacial score (nSPS) is 30.2. The molecule has 16 heteroatoms. The molecule has 0 radical (unpaired) electrons. The van der Waals surface area contributed by atoms with Crippen LogP contribution in [0.25, 0.3) is 0 Å². The van der Waals surface area contributed by atoms with Gasteiger partial charge in [-0.2, -0.15) is 0 Å². The molecule has 4 aliphatic rings. The second-order valence-corrected chi connectivity index (χ2v) is 20.1. The fraction of sp³-hybridized carbons (Fsp3) is 0.714. The monoisotopic (exact) mass is 907 g/mol. The van der Waals surface area contributed by atoms with Gasteiger partial charge in [0.2, 0.25) is 23.6 Å². The Bertz CT molecular complexity index is 1910. The molecule has 0 spiro atoms. The lowest BCUT2D eigenvalue weighted by atomic mass is 9.90. The zero-order chi connectivity index (χ0) is 48.0. The van der Waals surface area contributed by atoms with E-state index in [1.165, 1.54) is 26.6 Å². The predicted molar refractivity (Wildman–Crippen MR) is 242 cm³/mol. The Balaban J connectivity index is 1.56. The highest BCUT2D eigenvalue weighted by Gasteiger charge is 2.48. The van der Waals surface area contributed by atoms with Crippen LogP contribution < -0.4 is 10.6 Å². The molecule has 1 aromatic rings. The topological polar surface area (TPSA) is 192 Å². The molecule has 4 heterocycles. The Morgan fingerprint density at radius 3 is 1.57 bits per heavy atom. The van der Waals surface area contributed by atoms with Crippen LogP contribution in [0.15, 0.2) is 30.3 Å². The van der Waals surface area contributed by atoms with Crippen molar-refractivity contribution in [2.45, 2.75) is 163 Å². The molecule has 6 amide bonds. The van der Waals surface area contributed by atoms with E-state index in [0.29, 0.717) is 38.5 Å². The number of carbonyl (C=O) groups excluding carboxylic acids is 8. The first-order valence-electron chi connectivity index (χ1n) is 23.9. The minimum atomic E-state index is -1.28. The van der Waals surface area contributed by atoms with Gasteiger partial charge in [-0.15, -0.1) is 0 Å². The van der Waals surface area contributed by atoms with Crippen molar-refractivity contribution in [1.29, 1.82) is 0 Å². The molecule has 5 rings (SSSR count). The first kappa shape index (κ1) is 51.0. The van der Waals surface area contributed by atoms with Crippen LogP contribution in [0.5, 0.6) is 0 Å². The maximum atomic E-state index is 14.8. The van der Waals surface area contributed by atoms with Gasteiger partial charge in [0.25, 0.3) is 11.8 Å². The molecule has 0 aliphatic carbocycles. The summed E-state index contributed by atoms with van der Waals surface area (Å²) in [6.45, 7) is 18.5. The second kappa shape index (κ2) is 22.0. The van der Waals surface area contributed by atoms with E-state index in [2.05, 4.69) is 10.6 Å². The zero-order valence-electron chi connectivity index (χ0n) is 40.4. The highest BCUT2D eigenvalue weighted by molar-refractivity contribution is 5.97. The SMILES string of the molecule is CC(C)[C@H]1NC(=O)[C@H]2CCCN2C(=O)[C@H]([C@H](C)Cc2ccccc2)NC(=O)[C@H]2CCCN2C(=O)[C@@H](C(C)C)OC(=O)[C@H]2CCCN2C(=O)[C@@H](C(C)C)N(C)C(=O)[C@@H](C(C)C)OC(=O)[C@@H]1C. The molecule has 0 aromatic heterocycles. The van der Waals surface area contributed by atoms with E-state index in [1.807, 2.05) is 51.1 Å². The van der Waals surface area contributed by atoms with Gasteiger partial charge >= 0.3 is 11.9 Å². The van der Waals surface area contributed by atoms with Gasteiger partial charge in [-0.1, -0.05) is 92.6 Å².